The van der Waals surface area contributed by atoms with E-state index >= 15 is 0 Å². The molecule has 1 radical (unpaired) electrons. The van der Waals surface area contributed by atoms with Crippen LogP contribution >= 0.6 is 0 Å². The highest BCUT2D eigenvalue weighted by molar-refractivity contribution is 5.49. The third kappa shape index (κ3) is 2.19. The first-order valence-electron chi connectivity index (χ1n) is 2.18. The molecule has 0 fully saturated rings. The van der Waals surface area contributed by atoms with Crippen LogP contribution in [0.2, 0.25) is 0 Å². The molecule has 1 amide bonds. The van der Waals surface area contributed by atoms with E-state index in [9.17, 15) is 4.79 Å². The van der Waals surface area contributed by atoms with Crippen molar-refractivity contribution in [3.63, 3.8) is 0 Å². The molecule has 1 N–H and O–H groups in total. The molecule has 3 heteroatoms. The lowest BCUT2D eigenvalue weighted by Gasteiger charge is -2.10. The summed E-state index contributed by atoms with van der Waals surface area (Å²) in [6.45, 7) is 3.19. The minimum absolute atomic E-state index is 0.776. The lowest BCUT2D eigenvalue weighted by Crippen LogP contribution is -2.36. The second-order valence-electron chi connectivity index (χ2n) is 1.96. The SMILES string of the molecule is CC(C)(C#N)N[C]=O. The molecule has 0 saturated carbocycles. The first kappa shape index (κ1) is 6.96. The zero-order chi connectivity index (χ0) is 6.62. The van der Waals surface area contributed by atoms with E-state index < -0.39 is 5.54 Å². The highest BCUT2D eigenvalue weighted by atomic mass is 16.1. The Morgan fingerprint density at radius 2 is 2.12 bits per heavy atom. The van der Waals surface area contributed by atoms with Crippen molar-refractivity contribution in [2.75, 3.05) is 0 Å². The normalized spacial score (nSPS) is 9.62. The average molecular weight is 111 g/mol. The van der Waals surface area contributed by atoms with Gasteiger partial charge in [-0.25, -0.2) is 0 Å². The Kier molecular flexibility index (Phi) is 2.01. The number of hydrogen-bond donors (Lipinski definition) is 1. The van der Waals surface area contributed by atoms with Crippen LogP contribution in [-0.2, 0) is 4.79 Å². The molecule has 43 valence electrons. The number of hydrogen-bond acceptors (Lipinski definition) is 2. The summed E-state index contributed by atoms with van der Waals surface area (Å²) < 4.78 is 0. The summed E-state index contributed by atoms with van der Waals surface area (Å²) in [6.07, 6.45) is 1.44. The third-order valence-corrected chi connectivity index (χ3v) is 0.643. The van der Waals surface area contributed by atoms with Gasteiger partial charge in [0.25, 0.3) is 0 Å². The van der Waals surface area contributed by atoms with Crippen LogP contribution < -0.4 is 5.32 Å². The molecular weight excluding hydrogens is 104 g/mol. The van der Waals surface area contributed by atoms with E-state index in [1.54, 1.807) is 13.8 Å². The molecule has 0 atom stereocenters. The molecule has 0 aliphatic rings. The van der Waals surface area contributed by atoms with Crippen LogP contribution in [0.3, 0.4) is 0 Å². The summed E-state index contributed by atoms with van der Waals surface area (Å²) in [5, 5.41) is 10.4. The molecule has 0 bridgehead atoms. The van der Waals surface area contributed by atoms with Crippen molar-refractivity contribution < 1.29 is 4.79 Å². The number of carbonyl (C=O) groups excluding carboxylic acids is 1. The molecule has 0 aliphatic heterocycles. The van der Waals surface area contributed by atoms with Crippen molar-refractivity contribution in [3.05, 3.63) is 0 Å². The van der Waals surface area contributed by atoms with Gasteiger partial charge >= 0.3 is 6.41 Å². The van der Waals surface area contributed by atoms with E-state index in [4.69, 9.17) is 5.26 Å². The Morgan fingerprint density at radius 3 is 2.25 bits per heavy atom. The summed E-state index contributed by atoms with van der Waals surface area (Å²) >= 11 is 0. The second kappa shape index (κ2) is 2.31. The number of nitriles is 1. The Labute approximate surface area is 48.3 Å². The fourth-order valence-corrected chi connectivity index (χ4v) is 0.156. The molecule has 8 heavy (non-hydrogen) atoms. The van der Waals surface area contributed by atoms with Crippen molar-refractivity contribution in [3.8, 4) is 6.07 Å². The highest BCUT2D eigenvalue weighted by Gasteiger charge is 2.13. The van der Waals surface area contributed by atoms with E-state index in [1.807, 2.05) is 6.07 Å². The highest BCUT2D eigenvalue weighted by Crippen LogP contribution is 1.94. The first-order valence-corrected chi connectivity index (χ1v) is 2.18. The van der Waals surface area contributed by atoms with Crippen LogP contribution in [0.1, 0.15) is 13.8 Å². The molecule has 0 unspecified atom stereocenters. The van der Waals surface area contributed by atoms with Crippen LogP contribution in [0, 0.1) is 11.3 Å². The Hall–Kier alpha value is -1.04. The van der Waals surface area contributed by atoms with Gasteiger partial charge in [-0.15, -0.1) is 0 Å². The van der Waals surface area contributed by atoms with Crippen LogP contribution in [0.4, 0.5) is 0 Å². The average Bonchev–Trinajstić information content (AvgIpc) is 1.67. The van der Waals surface area contributed by atoms with Gasteiger partial charge in [0.1, 0.15) is 5.54 Å². The number of rotatable bonds is 2. The van der Waals surface area contributed by atoms with Gasteiger partial charge in [0, 0.05) is 0 Å². The number of nitrogens with one attached hydrogen (secondary N) is 1. The van der Waals surface area contributed by atoms with Gasteiger partial charge in [-0.05, 0) is 13.8 Å². The smallest absolute Gasteiger partial charge is 0.310 e. The van der Waals surface area contributed by atoms with E-state index in [2.05, 4.69) is 5.32 Å². The van der Waals surface area contributed by atoms with E-state index in [0.717, 1.165) is 0 Å². The lowest BCUT2D eigenvalue weighted by molar-refractivity contribution is 0.505. The van der Waals surface area contributed by atoms with Gasteiger partial charge in [0.15, 0.2) is 0 Å². The predicted octanol–water partition coefficient (Wildman–Crippen LogP) is -0.0546. The zero-order valence-electron chi connectivity index (χ0n) is 4.86. The summed E-state index contributed by atoms with van der Waals surface area (Å²) in [6, 6.07) is 1.87. The van der Waals surface area contributed by atoms with E-state index in [0.29, 0.717) is 0 Å². The topological polar surface area (TPSA) is 52.9 Å². The predicted molar refractivity (Wildman–Crippen MR) is 28.5 cm³/mol. The maximum absolute atomic E-state index is 9.59. The van der Waals surface area contributed by atoms with Crippen molar-refractivity contribution in [1.29, 1.82) is 5.26 Å². The maximum Gasteiger partial charge on any atom is 0.310 e. The summed E-state index contributed by atoms with van der Waals surface area (Å²) in [5.74, 6) is 0. The third-order valence-electron chi connectivity index (χ3n) is 0.643. The first-order chi connectivity index (χ1) is 3.62. The van der Waals surface area contributed by atoms with Crippen molar-refractivity contribution in [1.82, 2.24) is 5.32 Å². The van der Waals surface area contributed by atoms with Crippen LogP contribution in [0.25, 0.3) is 0 Å². The Morgan fingerprint density at radius 1 is 1.62 bits per heavy atom. The van der Waals surface area contributed by atoms with Crippen molar-refractivity contribution >= 4 is 6.41 Å². The molecule has 0 aromatic carbocycles. The molecule has 3 nitrogen and oxygen atoms in total. The molecule has 0 saturated heterocycles. The van der Waals surface area contributed by atoms with E-state index in [1.165, 1.54) is 6.41 Å². The van der Waals surface area contributed by atoms with Gasteiger partial charge < -0.3 is 5.32 Å². The van der Waals surface area contributed by atoms with Gasteiger partial charge in [0.2, 0.25) is 0 Å². The second-order valence-corrected chi connectivity index (χ2v) is 1.96. The standard InChI is InChI=1S/C5H7N2O/c1-5(2,3-6)7-4-8/h1-2H3,(H,7,8). The minimum Gasteiger partial charge on any atom is -0.330 e. The molecule has 0 aliphatic carbocycles. The van der Waals surface area contributed by atoms with E-state index in [-0.39, 0.29) is 0 Å². The van der Waals surface area contributed by atoms with Crippen LogP contribution in [-0.4, -0.2) is 11.9 Å². The quantitative estimate of drug-likeness (QED) is 0.508. The zero-order valence-corrected chi connectivity index (χ0v) is 4.86. The summed E-state index contributed by atoms with van der Waals surface area (Å²) in [4.78, 5) is 9.59. The summed E-state index contributed by atoms with van der Waals surface area (Å²) in [7, 11) is 0. The Balaban J connectivity index is 3.76. The van der Waals surface area contributed by atoms with Crippen molar-refractivity contribution in [2.45, 2.75) is 19.4 Å². The van der Waals surface area contributed by atoms with Gasteiger partial charge in [-0.2, -0.15) is 5.26 Å². The molecule has 0 spiro atoms. The monoisotopic (exact) mass is 111 g/mol. The van der Waals surface area contributed by atoms with Crippen molar-refractivity contribution in [2.24, 2.45) is 0 Å². The fraction of sp³-hybridized carbons (Fsp3) is 0.600. The molecule has 0 aromatic heterocycles. The minimum atomic E-state index is -0.776. The lowest BCUT2D eigenvalue weighted by atomic mass is 10.1. The molecule has 0 aromatic rings. The molecule has 0 heterocycles. The molecular formula is C5H7N2O. The van der Waals surface area contributed by atoms with Gasteiger partial charge in [-0.3, -0.25) is 4.79 Å². The Bertz CT molecular complexity index is 123. The number of amides is 1. The van der Waals surface area contributed by atoms with Gasteiger partial charge in [0.05, 0.1) is 6.07 Å². The molecule has 0 rings (SSSR count). The largest absolute Gasteiger partial charge is 0.330 e. The fourth-order valence-electron chi connectivity index (χ4n) is 0.156. The van der Waals surface area contributed by atoms with Gasteiger partial charge in [-0.1, -0.05) is 0 Å². The maximum atomic E-state index is 9.59. The number of nitrogens with zero attached hydrogens (tertiary/aromatic N) is 1. The summed E-state index contributed by atoms with van der Waals surface area (Å²) in [5.41, 5.74) is -0.776. The van der Waals surface area contributed by atoms with Crippen LogP contribution in [0.15, 0.2) is 0 Å². The van der Waals surface area contributed by atoms with Crippen LogP contribution in [0.5, 0.6) is 0 Å².